The number of hydrogen-bond acceptors (Lipinski definition) is 5. The molecule has 31 heavy (non-hydrogen) atoms. The van der Waals surface area contributed by atoms with Gasteiger partial charge in [-0.15, -0.1) is 10.2 Å². The van der Waals surface area contributed by atoms with Gasteiger partial charge in [0.05, 0.1) is 20.3 Å². The molecule has 1 heterocycles. The van der Waals surface area contributed by atoms with Crippen molar-refractivity contribution in [1.82, 2.24) is 10.2 Å². The molecule has 4 aromatic rings. The fourth-order valence-electron chi connectivity index (χ4n) is 3.95. The Kier molecular flexibility index (Phi) is 5.76. The average Bonchev–Trinajstić information content (AvgIpc) is 2.82. The van der Waals surface area contributed by atoms with E-state index in [0.29, 0.717) is 5.75 Å². The quantitative estimate of drug-likeness (QED) is 0.399. The summed E-state index contributed by atoms with van der Waals surface area (Å²) in [6.07, 6.45) is 0. The summed E-state index contributed by atoms with van der Waals surface area (Å²) in [4.78, 5) is 2.18. The second-order valence-corrected chi connectivity index (χ2v) is 7.63. The zero-order chi connectivity index (χ0) is 22.0. The van der Waals surface area contributed by atoms with Crippen molar-refractivity contribution in [3.63, 3.8) is 0 Å². The lowest BCUT2D eigenvalue weighted by Gasteiger charge is -2.27. The molecule has 1 aromatic heterocycles. The van der Waals surface area contributed by atoms with Crippen LogP contribution >= 0.6 is 0 Å². The molecule has 0 radical (unpaired) electrons. The highest BCUT2D eigenvalue weighted by molar-refractivity contribution is 6.03. The third-order valence-corrected chi connectivity index (χ3v) is 5.86. The number of aromatic nitrogens is 2. The predicted molar refractivity (Wildman–Crippen MR) is 126 cm³/mol. The van der Waals surface area contributed by atoms with Crippen molar-refractivity contribution in [3.8, 4) is 22.8 Å². The van der Waals surface area contributed by atoms with Gasteiger partial charge < -0.3 is 14.4 Å². The molecule has 158 valence electrons. The molecule has 5 nitrogen and oxygen atoms in total. The second kappa shape index (κ2) is 8.64. The molecular weight excluding hydrogens is 386 g/mol. The number of ether oxygens (including phenoxy) is 2. The van der Waals surface area contributed by atoms with E-state index in [4.69, 9.17) is 9.47 Å². The molecule has 0 N–H and O–H groups in total. The molecule has 0 bridgehead atoms. The van der Waals surface area contributed by atoms with Gasteiger partial charge >= 0.3 is 0 Å². The van der Waals surface area contributed by atoms with Crippen molar-refractivity contribution in [3.05, 3.63) is 77.9 Å². The monoisotopic (exact) mass is 413 g/mol. The van der Waals surface area contributed by atoms with Crippen molar-refractivity contribution in [1.29, 1.82) is 0 Å². The van der Waals surface area contributed by atoms with E-state index in [1.165, 1.54) is 5.56 Å². The fraction of sp³-hybridized carbons (Fsp3) is 0.231. The maximum absolute atomic E-state index is 5.65. The van der Waals surface area contributed by atoms with E-state index in [-0.39, 0.29) is 6.04 Å². The van der Waals surface area contributed by atoms with Crippen LogP contribution in [0.3, 0.4) is 0 Å². The summed E-state index contributed by atoms with van der Waals surface area (Å²) in [6.45, 7) is 4.28. The minimum Gasteiger partial charge on any atom is -0.497 e. The molecule has 5 heteroatoms. The van der Waals surface area contributed by atoms with E-state index in [2.05, 4.69) is 78.5 Å². The molecule has 3 aromatic carbocycles. The summed E-state index contributed by atoms with van der Waals surface area (Å²) < 4.78 is 11.0. The smallest absolute Gasteiger partial charge is 0.159 e. The van der Waals surface area contributed by atoms with Crippen molar-refractivity contribution >= 4 is 16.6 Å². The summed E-state index contributed by atoms with van der Waals surface area (Å²) in [5.74, 6) is 2.30. The number of rotatable bonds is 6. The number of aryl methyl sites for hydroxylation is 1. The summed E-state index contributed by atoms with van der Waals surface area (Å²) in [7, 11) is 5.37. The average molecular weight is 414 g/mol. The highest BCUT2D eigenvalue weighted by Gasteiger charge is 2.21. The van der Waals surface area contributed by atoms with Crippen LogP contribution < -0.4 is 14.4 Å². The van der Waals surface area contributed by atoms with Gasteiger partial charge in [-0.3, -0.25) is 0 Å². The lowest BCUT2D eigenvalue weighted by Crippen LogP contribution is -2.23. The first-order chi connectivity index (χ1) is 15.0. The van der Waals surface area contributed by atoms with Crippen LogP contribution in [-0.4, -0.2) is 31.5 Å². The molecular formula is C26H27N3O2. The number of methoxy groups -OCH3 is 2. The highest BCUT2D eigenvalue weighted by Crippen LogP contribution is 2.39. The lowest BCUT2D eigenvalue weighted by molar-refractivity contribution is 0.395. The predicted octanol–water partition coefficient (Wildman–Crippen LogP) is 5.82. The van der Waals surface area contributed by atoms with Crippen LogP contribution in [0.5, 0.6) is 11.5 Å². The maximum Gasteiger partial charge on any atom is 0.159 e. The third kappa shape index (κ3) is 3.79. The minimum atomic E-state index is 0.153. The number of benzene rings is 3. The Morgan fingerprint density at radius 2 is 1.65 bits per heavy atom. The van der Waals surface area contributed by atoms with Crippen molar-refractivity contribution in [2.24, 2.45) is 0 Å². The van der Waals surface area contributed by atoms with E-state index >= 15 is 0 Å². The molecule has 0 spiro atoms. The van der Waals surface area contributed by atoms with Crippen LogP contribution in [0.1, 0.15) is 24.1 Å². The van der Waals surface area contributed by atoms with E-state index < -0.39 is 0 Å². The van der Waals surface area contributed by atoms with Gasteiger partial charge in [-0.05, 0) is 37.1 Å². The standard InChI is InChI=1S/C26H27N3O2/c1-17-10-9-13-22-24(17)25(21-15-14-20(30-4)16-23(21)31-5)27-28-26(22)29(3)18(2)19-11-7-6-8-12-19/h6-16,18H,1-5H3. The van der Waals surface area contributed by atoms with E-state index in [1.807, 2.05) is 24.3 Å². The summed E-state index contributed by atoms with van der Waals surface area (Å²) in [5.41, 5.74) is 4.06. The highest BCUT2D eigenvalue weighted by atomic mass is 16.5. The van der Waals surface area contributed by atoms with Crippen LogP contribution in [0.15, 0.2) is 66.7 Å². The van der Waals surface area contributed by atoms with Gasteiger partial charge in [0.25, 0.3) is 0 Å². The first-order valence-electron chi connectivity index (χ1n) is 10.3. The van der Waals surface area contributed by atoms with Gasteiger partial charge in [0.1, 0.15) is 17.2 Å². The second-order valence-electron chi connectivity index (χ2n) is 7.63. The van der Waals surface area contributed by atoms with Crippen molar-refractivity contribution in [2.75, 3.05) is 26.2 Å². The number of anilines is 1. The Labute approximate surface area is 183 Å². The first kappa shape index (κ1) is 20.7. The number of hydrogen-bond donors (Lipinski definition) is 0. The topological polar surface area (TPSA) is 47.5 Å². The summed E-state index contributed by atoms with van der Waals surface area (Å²) in [6, 6.07) is 22.6. The normalized spacial score (nSPS) is 11.9. The number of fused-ring (bicyclic) bond motifs is 1. The lowest BCUT2D eigenvalue weighted by atomic mass is 9.99. The van der Waals surface area contributed by atoms with Gasteiger partial charge in [-0.2, -0.15) is 0 Å². The van der Waals surface area contributed by atoms with Crippen LogP contribution in [0.25, 0.3) is 22.0 Å². The number of nitrogens with zero attached hydrogens (tertiary/aromatic N) is 3. The summed E-state index contributed by atoms with van der Waals surface area (Å²) in [5, 5.41) is 11.5. The van der Waals surface area contributed by atoms with E-state index in [0.717, 1.165) is 39.2 Å². The molecule has 0 aliphatic rings. The molecule has 0 amide bonds. The van der Waals surface area contributed by atoms with Crippen molar-refractivity contribution < 1.29 is 9.47 Å². The minimum absolute atomic E-state index is 0.153. The Hall–Kier alpha value is -3.60. The van der Waals surface area contributed by atoms with Crippen molar-refractivity contribution in [2.45, 2.75) is 19.9 Å². The first-order valence-corrected chi connectivity index (χ1v) is 10.3. The van der Waals surface area contributed by atoms with Crippen LogP contribution in [0, 0.1) is 6.92 Å². The SMILES string of the molecule is COc1ccc(-c2nnc(N(C)C(C)c3ccccc3)c3cccc(C)c23)c(OC)c1. The molecule has 1 unspecified atom stereocenters. The van der Waals surface area contributed by atoms with Gasteiger partial charge in [0, 0.05) is 29.4 Å². The van der Waals surface area contributed by atoms with E-state index in [9.17, 15) is 0 Å². The maximum atomic E-state index is 5.65. The van der Waals surface area contributed by atoms with Crippen LogP contribution in [0.4, 0.5) is 5.82 Å². The largest absolute Gasteiger partial charge is 0.497 e. The zero-order valence-corrected chi connectivity index (χ0v) is 18.6. The molecule has 1 atom stereocenters. The molecule has 0 aliphatic heterocycles. The summed E-state index contributed by atoms with van der Waals surface area (Å²) >= 11 is 0. The van der Waals surface area contributed by atoms with E-state index in [1.54, 1.807) is 14.2 Å². The molecule has 0 fully saturated rings. The van der Waals surface area contributed by atoms with Crippen LogP contribution in [-0.2, 0) is 0 Å². The van der Waals surface area contributed by atoms with Gasteiger partial charge in [-0.1, -0.05) is 48.5 Å². The van der Waals surface area contributed by atoms with Gasteiger partial charge in [-0.25, -0.2) is 0 Å². The Morgan fingerprint density at radius 1 is 0.871 bits per heavy atom. The Bertz CT molecular complexity index is 1210. The third-order valence-electron chi connectivity index (χ3n) is 5.86. The Balaban J connectivity index is 1.89. The molecule has 0 saturated carbocycles. The molecule has 4 rings (SSSR count). The molecule has 0 saturated heterocycles. The van der Waals surface area contributed by atoms with Gasteiger partial charge in [0.15, 0.2) is 5.82 Å². The molecule has 0 aliphatic carbocycles. The van der Waals surface area contributed by atoms with Crippen LogP contribution in [0.2, 0.25) is 0 Å². The van der Waals surface area contributed by atoms with Gasteiger partial charge in [0.2, 0.25) is 0 Å². The zero-order valence-electron chi connectivity index (χ0n) is 18.6. The fourth-order valence-corrected chi connectivity index (χ4v) is 3.95. The Morgan fingerprint density at radius 3 is 2.35 bits per heavy atom.